The van der Waals surface area contributed by atoms with Gasteiger partial charge in [-0.3, -0.25) is 4.79 Å². The van der Waals surface area contributed by atoms with Crippen LogP contribution in [0.1, 0.15) is 10.5 Å². The van der Waals surface area contributed by atoms with E-state index in [-0.39, 0.29) is 23.2 Å². The minimum Gasteiger partial charge on any atom is -0.353 e. The van der Waals surface area contributed by atoms with Crippen LogP contribution < -0.4 is 10.2 Å². The van der Waals surface area contributed by atoms with E-state index in [1.165, 1.54) is 18.3 Å². The van der Waals surface area contributed by atoms with Crippen LogP contribution in [0.4, 0.5) is 26.2 Å². The molecule has 7 nitrogen and oxygen atoms in total. The quantitative estimate of drug-likeness (QED) is 0.731. The third-order valence-electron chi connectivity index (χ3n) is 4.59. The molecule has 3 heterocycles. The fourth-order valence-corrected chi connectivity index (χ4v) is 3.09. The van der Waals surface area contributed by atoms with Gasteiger partial charge in [-0.15, -0.1) is 0 Å². The lowest BCUT2D eigenvalue weighted by molar-refractivity contribution is 0.0740. The Morgan fingerprint density at radius 3 is 2.52 bits per heavy atom. The predicted octanol–water partition coefficient (Wildman–Crippen LogP) is 2.86. The van der Waals surface area contributed by atoms with E-state index in [1.54, 1.807) is 11.1 Å². The Hall–Kier alpha value is -3.62. The highest BCUT2D eigenvalue weighted by atomic mass is 19.1. The molecule has 9 heteroatoms. The third-order valence-corrected chi connectivity index (χ3v) is 4.59. The number of hydrogen-bond donors (Lipinski definition) is 1. The predicted molar refractivity (Wildman–Crippen MR) is 104 cm³/mol. The van der Waals surface area contributed by atoms with Gasteiger partial charge in [-0.05, 0) is 30.3 Å². The van der Waals surface area contributed by atoms with Crippen LogP contribution in [0.25, 0.3) is 0 Å². The smallest absolute Gasteiger partial charge is 0.272 e. The SMILES string of the molecule is O=C(c1ccnc(Nc2ccc(F)cc2F)n1)N1CCN(c2ccccn2)CC1. The highest BCUT2D eigenvalue weighted by Crippen LogP contribution is 2.19. The lowest BCUT2D eigenvalue weighted by Gasteiger charge is -2.35. The van der Waals surface area contributed by atoms with E-state index in [0.717, 1.165) is 18.0 Å². The summed E-state index contributed by atoms with van der Waals surface area (Å²) in [6.45, 7) is 2.41. The van der Waals surface area contributed by atoms with Crippen LogP contribution >= 0.6 is 0 Å². The maximum Gasteiger partial charge on any atom is 0.272 e. The summed E-state index contributed by atoms with van der Waals surface area (Å²) in [4.78, 5) is 29.2. The Morgan fingerprint density at radius 2 is 1.79 bits per heavy atom. The van der Waals surface area contributed by atoms with Gasteiger partial charge in [0.25, 0.3) is 5.91 Å². The fourth-order valence-electron chi connectivity index (χ4n) is 3.09. The van der Waals surface area contributed by atoms with Gasteiger partial charge in [0.15, 0.2) is 0 Å². The zero-order valence-electron chi connectivity index (χ0n) is 15.4. The lowest BCUT2D eigenvalue weighted by Crippen LogP contribution is -2.49. The minimum atomic E-state index is -0.768. The van der Waals surface area contributed by atoms with E-state index in [9.17, 15) is 13.6 Å². The van der Waals surface area contributed by atoms with Crippen LogP contribution in [0, 0.1) is 11.6 Å². The molecule has 3 aromatic rings. The fraction of sp³-hybridized carbons (Fsp3) is 0.200. The van der Waals surface area contributed by atoms with Crippen molar-refractivity contribution in [1.29, 1.82) is 0 Å². The Labute approximate surface area is 166 Å². The Balaban J connectivity index is 1.42. The molecule has 1 N–H and O–H groups in total. The molecule has 1 saturated heterocycles. The van der Waals surface area contributed by atoms with Crippen LogP contribution in [0.15, 0.2) is 54.9 Å². The molecule has 0 atom stereocenters. The zero-order chi connectivity index (χ0) is 20.2. The van der Waals surface area contributed by atoms with Gasteiger partial charge in [0, 0.05) is 44.6 Å². The molecular weight excluding hydrogens is 378 g/mol. The van der Waals surface area contributed by atoms with Crippen molar-refractivity contribution in [3.63, 3.8) is 0 Å². The van der Waals surface area contributed by atoms with Gasteiger partial charge < -0.3 is 15.1 Å². The maximum absolute atomic E-state index is 13.8. The highest BCUT2D eigenvalue weighted by Gasteiger charge is 2.24. The number of piperazine rings is 1. The standard InChI is InChI=1S/C20H18F2N6O/c21-14-4-5-16(15(22)13-14)25-20-24-8-6-17(26-20)19(29)28-11-9-27(10-12-28)18-3-1-2-7-23-18/h1-8,13H,9-12H2,(H,24,25,26). The number of halogens is 2. The number of carbonyl (C=O) groups excluding carboxylic acids is 1. The number of rotatable bonds is 4. The number of hydrogen-bond acceptors (Lipinski definition) is 6. The normalized spacial score (nSPS) is 14.0. The van der Waals surface area contributed by atoms with Crippen molar-refractivity contribution in [3.8, 4) is 0 Å². The molecule has 0 unspecified atom stereocenters. The van der Waals surface area contributed by atoms with Crippen LogP contribution in [-0.4, -0.2) is 51.9 Å². The number of nitrogens with zero attached hydrogens (tertiary/aromatic N) is 5. The van der Waals surface area contributed by atoms with Crippen molar-refractivity contribution < 1.29 is 13.6 Å². The van der Waals surface area contributed by atoms with E-state index < -0.39 is 11.6 Å². The molecule has 1 aliphatic heterocycles. The monoisotopic (exact) mass is 396 g/mol. The topological polar surface area (TPSA) is 74.2 Å². The van der Waals surface area contributed by atoms with Crippen molar-refractivity contribution in [3.05, 3.63) is 72.2 Å². The number of anilines is 3. The number of pyridine rings is 1. The Morgan fingerprint density at radius 1 is 0.966 bits per heavy atom. The van der Waals surface area contributed by atoms with Crippen molar-refractivity contribution in [2.75, 3.05) is 36.4 Å². The van der Waals surface area contributed by atoms with E-state index >= 15 is 0 Å². The van der Waals surface area contributed by atoms with Crippen LogP contribution in [-0.2, 0) is 0 Å². The minimum absolute atomic E-state index is 0.0278. The largest absolute Gasteiger partial charge is 0.353 e. The van der Waals surface area contributed by atoms with E-state index in [1.807, 2.05) is 18.2 Å². The summed E-state index contributed by atoms with van der Waals surface area (Å²) in [5.41, 5.74) is 0.233. The van der Waals surface area contributed by atoms with E-state index in [2.05, 4.69) is 25.2 Å². The highest BCUT2D eigenvalue weighted by molar-refractivity contribution is 5.92. The Kier molecular flexibility index (Phi) is 5.28. The summed E-state index contributed by atoms with van der Waals surface area (Å²) in [6.07, 6.45) is 3.17. The molecule has 0 spiro atoms. The molecule has 1 fully saturated rings. The molecular formula is C20H18F2N6O. The molecule has 2 aromatic heterocycles. The van der Waals surface area contributed by atoms with Crippen LogP contribution in [0.3, 0.4) is 0 Å². The maximum atomic E-state index is 13.8. The zero-order valence-corrected chi connectivity index (χ0v) is 15.4. The molecule has 0 radical (unpaired) electrons. The van der Waals surface area contributed by atoms with Gasteiger partial charge in [-0.1, -0.05) is 6.07 Å². The molecule has 148 valence electrons. The first-order chi connectivity index (χ1) is 14.1. The van der Waals surface area contributed by atoms with Crippen molar-refractivity contribution in [2.24, 2.45) is 0 Å². The van der Waals surface area contributed by atoms with Gasteiger partial charge in [0.05, 0.1) is 5.69 Å². The average molecular weight is 396 g/mol. The summed E-state index contributed by atoms with van der Waals surface area (Å²) in [5.74, 6) is -0.725. The van der Waals surface area contributed by atoms with Gasteiger partial charge in [-0.25, -0.2) is 23.7 Å². The second-order valence-corrected chi connectivity index (χ2v) is 6.48. The van der Waals surface area contributed by atoms with Crippen molar-refractivity contribution in [2.45, 2.75) is 0 Å². The summed E-state index contributed by atoms with van der Waals surface area (Å²) in [5, 5.41) is 2.68. The number of aromatic nitrogens is 3. The number of amides is 1. The molecule has 4 rings (SSSR count). The number of benzene rings is 1. The summed E-state index contributed by atoms with van der Waals surface area (Å²) in [6, 6.07) is 10.4. The number of carbonyl (C=O) groups is 1. The third kappa shape index (κ3) is 4.29. The van der Waals surface area contributed by atoms with Gasteiger partial charge >= 0.3 is 0 Å². The first kappa shape index (κ1) is 18.7. The van der Waals surface area contributed by atoms with Gasteiger partial charge in [0.1, 0.15) is 23.1 Å². The van der Waals surface area contributed by atoms with Crippen LogP contribution in [0.5, 0.6) is 0 Å². The lowest BCUT2D eigenvalue weighted by atomic mass is 10.2. The van der Waals surface area contributed by atoms with Crippen LogP contribution in [0.2, 0.25) is 0 Å². The molecule has 0 bridgehead atoms. The summed E-state index contributed by atoms with van der Waals surface area (Å²) >= 11 is 0. The first-order valence-corrected chi connectivity index (χ1v) is 9.10. The van der Waals surface area contributed by atoms with E-state index in [4.69, 9.17) is 0 Å². The van der Waals surface area contributed by atoms with Gasteiger partial charge in [0.2, 0.25) is 5.95 Å². The van der Waals surface area contributed by atoms with E-state index in [0.29, 0.717) is 26.2 Å². The molecule has 0 saturated carbocycles. The van der Waals surface area contributed by atoms with Crippen molar-refractivity contribution in [1.82, 2.24) is 19.9 Å². The molecule has 0 aliphatic carbocycles. The molecule has 1 aromatic carbocycles. The molecule has 1 amide bonds. The summed E-state index contributed by atoms with van der Waals surface area (Å²) < 4.78 is 26.9. The first-order valence-electron chi connectivity index (χ1n) is 9.10. The second-order valence-electron chi connectivity index (χ2n) is 6.48. The van der Waals surface area contributed by atoms with Gasteiger partial charge in [-0.2, -0.15) is 0 Å². The van der Waals surface area contributed by atoms with Crippen molar-refractivity contribution >= 4 is 23.4 Å². The second kappa shape index (κ2) is 8.17. The summed E-state index contributed by atoms with van der Waals surface area (Å²) in [7, 11) is 0. The number of nitrogens with one attached hydrogen (secondary N) is 1. The average Bonchev–Trinajstić information content (AvgIpc) is 2.76. The molecule has 1 aliphatic rings. The molecule has 29 heavy (non-hydrogen) atoms. The Bertz CT molecular complexity index is 1010.